The van der Waals surface area contributed by atoms with Crippen LogP contribution in [0.4, 0.5) is 0 Å². The summed E-state index contributed by atoms with van der Waals surface area (Å²) in [5, 5.41) is 2.78. The van der Waals surface area contributed by atoms with Crippen LogP contribution < -0.4 is 14.8 Å². The number of nitrogens with zero attached hydrogens (tertiary/aromatic N) is 1. The van der Waals surface area contributed by atoms with Crippen LogP contribution in [-0.2, 0) is 14.3 Å². The molecule has 0 aliphatic heterocycles. The maximum atomic E-state index is 12.1. The van der Waals surface area contributed by atoms with E-state index in [1.54, 1.807) is 0 Å². The lowest BCUT2D eigenvalue weighted by Crippen LogP contribution is -2.47. The van der Waals surface area contributed by atoms with E-state index in [4.69, 9.17) is 9.47 Å². The van der Waals surface area contributed by atoms with Gasteiger partial charge in [0, 0.05) is 12.6 Å². The summed E-state index contributed by atoms with van der Waals surface area (Å²) in [5.41, 5.74) is -0.0642. The Morgan fingerprint density at radius 2 is 1.77 bits per heavy atom. The molecule has 0 aromatic heterocycles. The van der Waals surface area contributed by atoms with Crippen LogP contribution in [-0.4, -0.2) is 62.6 Å². The van der Waals surface area contributed by atoms with Crippen molar-refractivity contribution >= 4 is 17.8 Å². The van der Waals surface area contributed by atoms with Gasteiger partial charge in [-0.25, -0.2) is 4.79 Å². The normalized spacial score (nSPS) is 10.7. The van der Waals surface area contributed by atoms with E-state index in [0.717, 1.165) is 0 Å². The number of nitrogens with one attached hydrogen (secondary N) is 1. The number of methoxy groups -OCH3 is 2. The van der Waals surface area contributed by atoms with Gasteiger partial charge in [-0.1, -0.05) is 0 Å². The predicted octanol–water partition coefficient (Wildman–Crippen LogP) is 1.23. The molecule has 0 spiro atoms. The molecule has 0 bridgehead atoms. The molecule has 0 aliphatic carbocycles. The second-order valence-corrected chi connectivity index (χ2v) is 6.69. The Morgan fingerprint density at radius 3 is 2.31 bits per heavy atom. The lowest BCUT2D eigenvalue weighted by molar-refractivity contribution is -0.136. The van der Waals surface area contributed by atoms with Gasteiger partial charge in [0.1, 0.15) is 0 Å². The summed E-state index contributed by atoms with van der Waals surface area (Å²) in [4.78, 5) is 36.8. The fourth-order valence-corrected chi connectivity index (χ4v) is 2.04. The zero-order chi connectivity index (χ0) is 19.9. The minimum atomic E-state index is -0.504. The van der Waals surface area contributed by atoms with Gasteiger partial charge in [-0.2, -0.15) is 0 Å². The fraction of sp³-hybridized carbons (Fsp3) is 0.500. The second-order valence-electron chi connectivity index (χ2n) is 6.69. The van der Waals surface area contributed by atoms with Crippen molar-refractivity contribution in [3.8, 4) is 11.5 Å². The summed E-state index contributed by atoms with van der Waals surface area (Å²) in [6.45, 7) is 5.24. The highest BCUT2D eigenvalue weighted by Gasteiger charge is 2.19. The molecule has 1 aromatic carbocycles. The average molecular weight is 366 g/mol. The van der Waals surface area contributed by atoms with Crippen molar-refractivity contribution in [3.05, 3.63) is 23.8 Å². The summed E-state index contributed by atoms with van der Waals surface area (Å²) in [5.74, 6) is -0.521. The minimum absolute atomic E-state index is 0.0716. The molecule has 26 heavy (non-hydrogen) atoms. The Kier molecular flexibility index (Phi) is 7.42. The number of hydrogen-bond donors (Lipinski definition) is 1. The SMILES string of the molecule is COC(=O)c1ccc(OCC(=O)N(C)CC(=O)NC(C)(C)C)c(OC)c1. The minimum Gasteiger partial charge on any atom is -0.493 e. The van der Waals surface area contributed by atoms with Crippen molar-refractivity contribution in [2.24, 2.45) is 0 Å². The highest BCUT2D eigenvalue weighted by Crippen LogP contribution is 2.28. The number of rotatable bonds is 7. The second kappa shape index (κ2) is 9.07. The first-order chi connectivity index (χ1) is 12.1. The Hall–Kier alpha value is -2.77. The van der Waals surface area contributed by atoms with Gasteiger partial charge < -0.3 is 24.4 Å². The highest BCUT2D eigenvalue weighted by atomic mass is 16.5. The number of hydrogen-bond acceptors (Lipinski definition) is 6. The van der Waals surface area contributed by atoms with Gasteiger partial charge in [-0.3, -0.25) is 9.59 Å². The van der Waals surface area contributed by atoms with Crippen LogP contribution in [0.5, 0.6) is 11.5 Å². The van der Waals surface area contributed by atoms with Gasteiger partial charge in [0.15, 0.2) is 18.1 Å². The van der Waals surface area contributed by atoms with Crippen molar-refractivity contribution in [2.45, 2.75) is 26.3 Å². The predicted molar refractivity (Wildman–Crippen MR) is 95.4 cm³/mol. The third-order valence-electron chi connectivity index (χ3n) is 3.26. The number of carbonyl (C=O) groups excluding carboxylic acids is 3. The summed E-state index contributed by atoms with van der Waals surface area (Å²) in [7, 11) is 4.23. The monoisotopic (exact) mass is 366 g/mol. The smallest absolute Gasteiger partial charge is 0.337 e. The van der Waals surface area contributed by atoms with E-state index in [2.05, 4.69) is 10.1 Å². The molecule has 8 heteroatoms. The van der Waals surface area contributed by atoms with E-state index in [1.807, 2.05) is 20.8 Å². The van der Waals surface area contributed by atoms with Gasteiger partial charge in [-0.05, 0) is 39.0 Å². The lowest BCUT2D eigenvalue weighted by atomic mass is 10.1. The van der Waals surface area contributed by atoms with Crippen LogP contribution in [0.15, 0.2) is 18.2 Å². The number of benzene rings is 1. The first-order valence-electron chi connectivity index (χ1n) is 8.01. The quantitative estimate of drug-likeness (QED) is 0.730. The lowest BCUT2D eigenvalue weighted by Gasteiger charge is -2.23. The van der Waals surface area contributed by atoms with Gasteiger partial charge in [0.05, 0.1) is 26.3 Å². The first kappa shape index (κ1) is 21.3. The largest absolute Gasteiger partial charge is 0.493 e. The van der Waals surface area contributed by atoms with E-state index in [-0.39, 0.29) is 30.5 Å². The number of likely N-dealkylation sites (N-methyl/N-ethyl adjacent to an activating group) is 1. The Bertz CT molecular complexity index is 666. The average Bonchev–Trinajstić information content (AvgIpc) is 2.56. The zero-order valence-corrected chi connectivity index (χ0v) is 16.0. The van der Waals surface area contributed by atoms with E-state index in [0.29, 0.717) is 17.1 Å². The van der Waals surface area contributed by atoms with Crippen molar-refractivity contribution in [1.82, 2.24) is 10.2 Å². The summed E-state index contributed by atoms with van der Waals surface area (Å²) < 4.78 is 15.3. The molecule has 0 radical (unpaired) electrons. The number of carbonyl (C=O) groups is 3. The molecule has 1 rings (SSSR count). The van der Waals surface area contributed by atoms with Crippen LogP contribution >= 0.6 is 0 Å². The van der Waals surface area contributed by atoms with Crippen LogP contribution in [0, 0.1) is 0 Å². The van der Waals surface area contributed by atoms with E-state index >= 15 is 0 Å². The van der Waals surface area contributed by atoms with Crippen molar-refractivity contribution in [3.63, 3.8) is 0 Å². The molecule has 1 N–H and O–H groups in total. The molecule has 144 valence electrons. The summed E-state index contributed by atoms with van der Waals surface area (Å²) in [6.07, 6.45) is 0. The van der Waals surface area contributed by atoms with Gasteiger partial charge in [-0.15, -0.1) is 0 Å². The Morgan fingerprint density at radius 1 is 1.12 bits per heavy atom. The molecule has 0 unspecified atom stereocenters. The van der Waals surface area contributed by atoms with E-state index < -0.39 is 5.97 Å². The maximum absolute atomic E-state index is 12.1. The zero-order valence-electron chi connectivity index (χ0n) is 16.0. The maximum Gasteiger partial charge on any atom is 0.337 e. The molecule has 0 atom stereocenters. The molecule has 8 nitrogen and oxygen atoms in total. The summed E-state index contributed by atoms with van der Waals surface area (Å²) in [6, 6.07) is 4.49. The number of esters is 1. The molecular formula is C18H26N2O6. The molecule has 0 heterocycles. The number of ether oxygens (including phenoxy) is 3. The van der Waals surface area contributed by atoms with Gasteiger partial charge in [0.2, 0.25) is 5.91 Å². The molecule has 2 amide bonds. The standard InChI is InChI=1S/C18H26N2O6/c1-18(2,3)19-15(21)10-20(4)16(22)11-26-13-8-7-12(17(23)25-6)9-14(13)24-5/h7-9H,10-11H2,1-6H3,(H,19,21). The van der Waals surface area contributed by atoms with Gasteiger partial charge >= 0.3 is 5.97 Å². The van der Waals surface area contributed by atoms with Gasteiger partial charge in [0.25, 0.3) is 5.91 Å². The fourth-order valence-electron chi connectivity index (χ4n) is 2.04. The van der Waals surface area contributed by atoms with Crippen molar-refractivity contribution in [1.29, 1.82) is 0 Å². The number of amides is 2. The molecule has 0 saturated carbocycles. The highest BCUT2D eigenvalue weighted by molar-refractivity contribution is 5.90. The van der Waals surface area contributed by atoms with Crippen LogP contribution in [0.25, 0.3) is 0 Å². The van der Waals surface area contributed by atoms with Crippen LogP contribution in [0.1, 0.15) is 31.1 Å². The Balaban J connectivity index is 2.66. The molecule has 0 aliphatic rings. The Labute approximate surface area is 153 Å². The van der Waals surface area contributed by atoms with Crippen molar-refractivity contribution < 1.29 is 28.6 Å². The van der Waals surface area contributed by atoms with E-state index in [1.165, 1.54) is 44.4 Å². The van der Waals surface area contributed by atoms with Crippen molar-refractivity contribution in [2.75, 3.05) is 34.4 Å². The molecular weight excluding hydrogens is 340 g/mol. The molecule has 0 saturated heterocycles. The molecule has 0 fully saturated rings. The third-order valence-corrected chi connectivity index (χ3v) is 3.26. The molecule has 1 aromatic rings. The topological polar surface area (TPSA) is 94.2 Å². The first-order valence-corrected chi connectivity index (χ1v) is 8.01. The third kappa shape index (κ3) is 6.62. The van der Waals surface area contributed by atoms with Crippen LogP contribution in [0.3, 0.4) is 0 Å². The summed E-state index contributed by atoms with van der Waals surface area (Å²) >= 11 is 0. The van der Waals surface area contributed by atoms with E-state index in [9.17, 15) is 14.4 Å². The van der Waals surface area contributed by atoms with Crippen LogP contribution in [0.2, 0.25) is 0 Å².